The van der Waals surface area contributed by atoms with Gasteiger partial charge in [-0.25, -0.2) is 0 Å². The Balaban J connectivity index is 1.14. The first kappa shape index (κ1) is 28.0. The lowest BCUT2D eigenvalue weighted by Crippen LogP contribution is -2.22. The van der Waals surface area contributed by atoms with E-state index < -0.39 is 7.14 Å². The maximum atomic E-state index is 15.8. The zero-order chi connectivity index (χ0) is 32.5. The van der Waals surface area contributed by atoms with Crippen LogP contribution in [0.2, 0.25) is 0 Å². The van der Waals surface area contributed by atoms with E-state index in [-0.39, 0.29) is 0 Å². The highest BCUT2D eigenvalue weighted by Crippen LogP contribution is 2.54. The van der Waals surface area contributed by atoms with E-state index >= 15 is 4.57 Å². The molecule has 49 heavy (non-hydrogen) atoms. The van der Waals surface area contributed by atoms with Gasteiger partial charge in [0.2, 0.25) is 0 Å². The Morgan fingerprint density at radius 3 is 2.00 bits per heavy atom. The number of benzene rings is 7. The molecule has 1 aliphatic rings. The molecule has 10 rings (SSSR count). The molecule has 3 nitrogen and oxygen atoms in total. The Kier molecular flexibility index (Phi) is 6.15. The molecule has 0 radical (unpaired) electrons. The van der Waals surface area contributed by atoms with E-state index in [1.807, 2.05) is 54.7 Å². The predicted octanol–water partition coefficient (Wildman–Crippen LogP) is 10.3. The molecule has 1 unspecified atom stereocenters. The maximum Gasteiger partial charge on any atom is 0.174 e. The molecule has 9 aromatic rings. The molecule has 0 N–H and O–H groups in total. The van der Waals surface area contributed by atoms with Gasteiger partial charge in [-0.3, -0.25) is 4.98 Å². The maximum absolute atomic E-state index is 15.8. The van der Waals surface area contributed by atoms with Crippen LogP contribution in [0.3, 0.4) is 0 Å². The van der Waals surface area contributed by atoms with Gasteiger partial charge < -0.3 is 9.13 Å². The topological polar surface area (TPSA) is 34.9 Å². The minimum absolute atomic E-state index is 0.864. The molecule has 0 amide bonds. The second kappa shape index (κ2) is 10.8. The van der Waals surface area contributed by atoms with Gasteiger partial charge in [-0.15, -0.1) is 0 Å². The van der Waals surface area contributed by atoms with Crippen molar-refractivity contribution in [1.82, 2.24) is 9.55 Å². The fourth-order valence-electron chi connectivity index (χ4n) is 7.83. The lowest BCUT2D eigenvalue weighted by molar-refractivity contribution is 0.593. The van der Waals surface area contributed by atoms with E-state index in [1.54, 1.807) is 0 Å². The van der Waals surface area contributed by atoms with E-state index in [9.17, 15) is 0 Å². The zero-order valence-corrected chi connectivity index (χ0v) is 27.4. The number of fused-ring (bicyclic) bond motifs is 8. The number of aromatic nitrogens is 2. The van der Waals surface area contributed by atoms with Crippen molar-refractivity contribution < 1.29 is 4.57 Å². The number of pyridine rings is 1. The molecule has 7 aromatic carbocycles. The molecule has 0 fully saturated rings. The van der Waals surface area contributed by atoms with Crippen LogP contribution in [0.5, 0.6) is 0 Å². The number of hydrogen-bond donors (Lipinski definition) is 0. The third-order valence-electron chi connectivity index (χ3n) is 10.1. The van der Waals surface area contributed by atoms with Crippen LogP contribution in [0, 0.1) is 0 Å². The van der Waals surface area contributed by atoms with Crippen LogP contribution in [0.1, 0.15) is 0 Å². The van der Waals surface area contributed by atoms with Crippen molar-refractivity contribution >= 4 is 55.8 Å². The van der Waals surface area contributed by atoms with E-state index in [0.717, 1.165) is 87.7 Å². The van der Waals surface area contributed by atoms with Crippen LogP contribution in [-0.2, 0) is 4.57 Å². The van der Waals surface area contributed by atoms with Gasteiger partial charge in [-0.05, 0) is 52.1 Å². The Hall–Kier alpha value is -6.02. The molecule has 230 valence electrons. The zero-order valence-electron chi connectivity index (χ0n) is 26.5. The summed E-state index contributed by atoms with van der Waals surface area (Å²) in [5, 5.41) is 6.11. The minimum Gasteiger partial charge on any atom is -0.309 e. The summed E-state index contributed by atoms with van der Waals surface area (Å²) in [5.74, 6) is 0. The summed E-state index contributed by atoms with van der Waals surface area (Å²) in [6.07, 6.45) is 1.85. The highest BCUT2D eigenvalue weighted by atomic mass is 31.2. The van der Waals surface area contributed by atoms with Gasteiger partial charge in [-0.1, -0.05) is 146 Å². The highest BCUT2D eigenvalue weighted by molar-refractivity contribution is 7.86. The van der Waals surface area contributed by atoms with E-state index in [2.05, 4.69) is 131 Å². The first-order valence-corrected chi connectivity index (χ1v) is 18.3. The molecule has 3 heterocycles. The Morgan fingerprint density at radius 2 is 1.16 bits per heavy atom. The normalized spacial score (nSPS) is 15.1. The van der Waals surface area contributed by atoms with Gasteiger partial charge in [0.25, 0.3) is 0 Å². The number of nitrogens with zero attached hydrogens (tertiary/aromatic N) is 2. The molecule has 0 aliphatic carbocycles. The van der Waals surface area contributed by atoms with E-state index in [4.69, 9.17) is 0 Å². The van der Waals surface area contributed by atoms with Crippen molar-refractivity contribution in [2.75, 3.05) is 0 Å². The number of rotatable bonds is 4. The van der Waals surface area contributed by atoms with Crippen LogP contribution in [0.15, 0.2) is 176 Å². The first-order valence-electron chi connectivity index (χ1n) is 16.6. The number of para-hydroxylation sites is 2. The summed E-state index contributed by atoms with van der Waals surface area (Å²) in [6, 6.07) is 59.1. The molecule has 1 atom stereocenters. The van der Waals surface area contributed by atoms with Crippen LogP contribution in [0.4, 0.5) is 0 Å². The summed E-state index contributed by atoms with van der Waals surface area (Å²) in [7, 11) is -3.18. The summed E-state index contributed by atoms with van der Waals surface area (Å²) in [6.45, 7) is 0. The van der Waals surface area contributed by atoms with Gasteiger partial charge in [-0.2, -0.15) is 0 Å². The average molecular weight is 645 g/mol. The van der Waals surface area contributed by atoms with E-state index in [1.165, 1.54) is 0 Å². The van der Waals surface area contributed by atoms with Crippen molar-refractivity contribution in [3.8, 4) is 39.1 Å². The molecule has 0 saturated heterocycles. The average Bonchev–Trinajstić information content (AvgIpc) is 3.65. The smallest absolute Gasteiger partial charge is 0.174 e. The second-order valence-corrected chi connectivity index (χ2v) is 15.3. The summed E-state index contributed by atoms with van der Waals surface area (Å²) in [4.78, 5) is 4.65. The fourth-order valence-corrected chi connectivity index (χ4v) is 11.1. The van der Waals surface area contributed by atoms with Crippen LogP contribution < -0.4 is 15.9 Å². The van der Waals surface area contributed by atoms with Crippen LogP contribution in [-0.4, -0.2) is 9.55 Å². The Morgan fingerprint density at radius 1 is 0.490 bits per heavy atom. The van der Waals surface area contributed by atoms with E-state index in [0.29, 0.717) is 0 Å². The molecule has 0 saturated carbocycles. The molecular formula is C45H29N2OP. The Bertz CT molecular complexity index is 2780. The minimum atomic E-state index is -3.18. The molecule has 0 spiro atoms. The molecular weight excluding hydrogens is 615 g/mol. The van der Waals surface area contributed by atoms with Crippen molar-refractivity contribution in [1.29, 1.82) is 0 Å². The summed E-state index contributed by atoms with van der Waals surface area (Å²) in [5.41, 5.74) is 10.8. The Labute approximate surface area is 284 Å². The SMILES string of the molecule is O=P1(c2ccccc2)c2ccccc2-c2ccc3c4ccccc4n(-c4ccc(-c5ccc(-c6cccc7cccnc67)cc5)cc4)c3c21. The molecule has 0 bridgehead atoms. The van der Waals surface area contributed by atoms with Crippen molar-refractivity contribution in [2.45, 2.75) is 0 Å². The summed E-state index contributed by atoms with van der Waals surface area (Å²) < 4.78 is 18.1. The monoisotopic (exact) mass is 644 g/mol. The van der Waals surface area contributed by atoms with Gasteiger partial charge in [0.1, 0.15) is 0 Å². The first-order chi connectivity index (χ1) is 24.2. The fraction of sp³-hybridized carbons (Fsp3) is 0. The highest BCUT2D eigenvalue weighted by Gasteiger charge is 2.42. The third kappa shape index (κ3) is 4.10. The van der Waals surface area contributed by atoms with Crippen molar-refractivity contribution in [3.05, 3.63) is 176 Å². The molecule has 2 aromatic heterocycles. The quantitative estimate of drug-likeness (QED) is 0.179. The third-order valence-corrected chi connectivity index (χ3v) is 13.2. The van der Waals surface area contributed by atoms with Crippen molar-refractivity contribution in [3.63, 3.8) is 0 Å². The van der Waals surface area contributed by atoms with Gasteiger partial charge in [0, 0.05) is 44.2 Å². The lowest BCUT2D eigenvalue weighted by Gasteiger charge is -2.18. The van der Waals surface area contributed by atoms with Gasteiger partial charge in [0.15, 0.2) is 7.14 Å². The van der Waals surface area contributed by atoms with Gasteiger partial charge in [0.05, 0.1) is 21.9 Å². The van der Waals surface area contributed by atoms with Crippen LogP contribution >= 0.6 is 7.14 Å². The van der Waals surface area contributed by atoms with Gasteiger partial charge >= 0.3 is 0 Å². The standard InChI is InChI=1S/C45H29N2OP/c48-49(35-12-2-1-3-13-35)42-18-7-5-15-38(42)40-28-27-39-37-14-4-6-17-41(37)47(44(39)45(40)49)34-25-23-31(24-26-34)30-19-21-32(22-20-30)36-16-8-10-33-11-9-29-46-43(33)36/h1-29H. The molecule has 4 heteroatoms. The van der Waals surface area contributed by atoms with Crippen LogP contribution in [0.25, 0.3) is 71.8 Å². The number of hydrogen-bond acceptors (Lipinski definition) is 2. The lowest BCUT2D eigenvalue weighted by atomic mass is 9.98. The summed E-state index contributed by atoms with van der Waals surface area (Å²) >= 11 is 0. The predicted molar refractivity (Wildman–Crippen MR) is 205 cm³/mol. The van der Waals surface area contributed by atoms with Crippen molar-refractivity contribution in [2.24, 2.45) is 0 Å². The second-order valence-electron chi connectivity index (χ2n) is 12.7. The largest absolute Gasteiger partial charge is 0.309 e. The molecule has 1 aliphatic heterocycles.